The van der Waals surface area contributed by atoms with Gasteiger partial charge in [0.15, 0.2) is 0 Å². The third kappa shape index (κ3) is 4.57. The number of carbonyl (C=O) groups is 2. The average Bonchev–Trinajstić information content (AvgIpc) is 2.62. The maximum atomic E-state index is 11.6. The standard InChI is InChI=1S/C20H18O5/c1-5-19(21)24-15-8-6-14(7-9-15)17-11-10-16(12-18(17)23-4)25-20(22)13(2)3/h5-12H,1-2H2,3-4H3. The first-order chi connectivity index (χ1) is 11.9. The highest BCUT2D eigenvalue weighted by molar-refractivity contribution is 5.89. The summed E-state index contributed by atoms with van der Waals surface area (Å²) in [5.74, 6) is 0.310. The number of esters is 2. The van der Waals surface area contributed by atoms with Gasteiger partial charge in [0.25, 0.3) is 0 Å². The van der Waals surface area contributed by atoms with Crippen LogP contribution in [-0.2, 0) is 9.59 Å². The van der Waals surface area contributed by atoms with Crippen molar-refractivity contribution in [3.8, 4) is 28.4 Å². The van der Waals surface area contributed by atoms with Gasteiger partial charge in [0.1, 0.15) is 17.2 Å². The van der Waals surface area contributed by atoms with Crippen LogP contribution in [0.1, 0.15) is 6.92 Å². The van der Waals surface area contributed by atoms with Crippen molar-refractivity contribution in [1.29, 1.82) is 0 Å². The fraction of sp³-hybridized carbons (Fsp3) is 0.100. The second-order valence-corrected chi connectivity index (χ2v) is 5.18. The van der Waals surface area contributed by atoms with Crippen molar-refractivity contribution in [2.45, 2.75) is 6.92 Å². The van der Waals surface area contributed by atoms with E-state index in [9.17, 15) is 9.59 Å². The monoisotopic (exact) mass is 338 g/mol. The molecule has 2 aromatic rings. The van der Waals surface area contributed by atoms with E-state index in [-0.39, 0.29) is 0 Å². The summed E-state index contributed by atoms with van der Waals surface area (Å²) in [6, 6.07) is 12.0. The lowest BCUT2D eigenvalue weighted by Crippen LogP contribution is -2.08. The van der Waals surface area contributed by atoms with Gasteiger partial charge in [0.05, 0.1) is 7.11 Å². The summed E-state index contributed by atoms with van der Waals surface area (Å²) in [5.41, 5.74) is 1.97. The van der Waals surface area contributed by atoms with Crippen LogP contribution in [-0.4, -0.2) is 19.0 Å². The Labute approximate surface area is 146 Å². The van der Waals surface area contributed by atoms with Gasteiger partial charge in [-0.25, -0.2) is 9.59 Å². The lowest BCUT2D eigenvalue weighted by Gasteiger charge is -2.12. The number of methoxy groups -OCH3 is 1. The first-order valence-electron chi connectivity index (χ1n) is 7.45. The van der Waals surface area contributed by atoms with E-state index < -0.39 is 11.9 Å². The normalized spacial score (nSPS) is 9.84. The fourth-order valence-corrected chi connectivity index (χ4v) is 2.03. The maximum absolute atomic E-state index is 11.6. The molecule has 2 aromatic carbocycles. The van der Waals surface area contributed by atoms with Gasteiger partial charge >= 0.3 is 11.9 Å². The van der Waals surface area contributed by atoms with E-state index in [1.54, 1.807) is 49.4 Å². The predicted molar refractivity (Wildman–Crippen MR) is 94.7 cm³/mol. The van der Waals surface area contributed by atoms with E-state index in [1.165, 1.54) is 7.11 Å². The van der Waals surface area contributed by atoms with Crippen LogP contribution in [0.5, 0.6) is 17.2 Å². The van der Waals surface area contributed by atoms with Crippen molar-refractivity contribution in [1.82, 2.24) is 0 Å². The van der Waals surface area contributed by atoms with Crippen LogP contribution in [0, 0.1) is 0 Å². The Bertz CT molecular complexity index is 818. The molecular weight excluding hydrogens is 320 g/mol. The molecule has 5 nitrogen and oxygen atoms in total. The SMILES string of the molecule is C=CC(=O)Oc1ccc(-c2ccc(OC(=O)C(=C)C)cc2OC)cc1. The number of hydrogen-bond acceptors (Lipinski definition) is 5. The fourth-order valence-electron chi connectivity index (χ4n) is 2.03. The molecule has 0 N–H and O–H groups in total. The van der Waals surface area contributed by atoms with Gasteiger partial charge in [-0.15, -0.1) is 0 Å². The van der Waals surface area contributed by atoms with Crippen molar-refractivity contribution in [3.63, 3.8) is 0 Å². The molecule has 0 aliphatic rings. The maximum Gasteiger partial charge on any atom is 0.338 e. The molecule has 128 valence electrons. The van der Waals surface area contributed by atoms with Gasteiger partial charge in [-0.1, -0.05) is 25.3 Å². The van der Waals surface area contributed by atoms with Gasteiger partial charge < -0.3 is 14.2 Å². The average molecular weight is 338 g/mol. The molecule has 0 bridgehead atoms. The predicted octanol–water partition coefficient (Wildman–Crippen LogP) is 3.94. The van der Waals surface area contributed by atoms with Crippen LogP contribution in [0.15, 0.2) is 67.3 Å². The van der Waals surface area contributed by atoms with Crippen molar-refractivity contribution in [3.05, 3.63) is 67.3 Å². The topological polar surface area (TPSA) is 61.8 Å². The Morgan fingerprint density at radius 1 is 1.00 bits per heavy atom. The molecule has 0 heterocycles. The molecule has 0 fully saturated rings. The summed E-state index contributed by atoms with van der Waals surface area (Å²) in [7, 11) is 1.53. The van der Waals surface area contributed by atoms with Crippen molar-refractivity contribution < 1.29 is 23.8 Å². The summed E-state index contributed by atoms with van der Waals surface area (Å²) >= 11 is 0. The highest BCUT2D eigenvalue weighted by Crippen LogP contribution is 2.34. The van der Waals surface area contributed by atoms with E-state index in [4.69, 9.17) is 14.2 Å². The van der Waals surface area contributed by atoms with Gasteiger partial charge in [-0.05, 0) is 36.8 Å². The van der Waals surface area contributed by atoms with Gasteiger partial charge in [-0.3, -0.25) is 0 Å². The molecule has 0 amide bonds. The quantitative estimate of drug-likeness (QED) is 0.454. The Balaban J connectivity index is 2.26. The van der Waals surface area contributed by atoms with Crippen LogP contribution >= 0.6 is 0 Å². The lowest BCUT2D eigenvalue weighted by atomic mass is 10.0. The van der Waals surface area contributed by atoms with Crippen LogP contribution < -0.4 is 14.2 Å². The molecule has 0 unspecified atom stereocenters. The Hall–Kier alpha value is -3.34. The number of ether oxygens (including phenoxy) is 3. The zero-order chi connectivity index (χ0) is 18.4. The van der Waals surface area contributed by atoms with Crippen LogP contribution in [0.4, 0.5) is 0 Å². The van der Waals surface area contributed by atoms with Crippen molar-refractivity contribution in [2.75, 3.05) is 7.11 Å². The minimum Gasteiger partial charge on any atom is -0.496 e. The van der Waals surface area contributed by atoms with Gasteiger partial charge in [-0.2, -0.15) is 0 Å². The molecule has 0 aliphatic heterocycles. The van der Waals surface area contributed by atoms with Crippen molar-refractivity contribution >= 4 is 11.9 Å². The van der Waals surface area contributed by atoms with Crippen LogP contribution in [0.2, 0.25) is 0 Å². The second kappa shape index (κ2) is 7.97. The minimum absolute atomic E-state index is 0.313. The zero-order valence-electron chi connectivity index (χ0n) is 14.1. The first-order valence-corrected chi connectivity index (χ1v) is 7.45. The van der Waals surface area contributed by atoms with E-state index in [0.717, 1.165) is 17.2 Å². The summed E-state index contributed by atoms with van der Waals surface area (Å²) in [6.07, 6.45) is 1.10. The molecular formula is C20H18O5. The van der Waals surface area contributed by atoms with E-state index >= 15 is 0 Å². The zero-order valence-corrected chi connectivity index (χ0v) is 14.1. The van der Waals surface area contributed by atoms with E-state index in [2.05, 4.69) is 13.2 Å². The van der Waals surface area contributed by atoms with Gasteiger partial charge in [0, 0.05) is 23.3 Å². The highest BCUT2D eigenvalue weighted by atomic mass is 16.5. The third-order valence-electron chi connectivity index (χ3n) is 3.28. The third-order valence-corrected chi connectivity index (χ3v) is 3.28. The molecule has 0 saturated heterocycles. The van der Waals surface area contributed by atoms with E-state index in [1.807, 2.05) is 0 Å². The Morgan fingerprint density at radius 2 is 1.64 bits per heavy atom. The summed E-state index contributed by atoms with van der Waals surface area (Å²) in [6.45, 7) is 8.48. The first kappa shape index (κ1) is 18.0. The largest absolute Gasteiger partial charge is 0.496 e. The Kier molecular flexibility index (Phi) is 5.74. The lowest BCUT2D eigenvalue weighted by molar-refractivity contribution is -0.130. The van der Waals surface area contributed by atoms with Crippen molar-refractivity contribution in [2.24, 2.45) is 0 Å². The molecule has 25 heavy (non-hydrogen) atoms. The molecule has 0 aliphatic carbocycles. The van der Waals surface area contributed by atoms with Crippen LogP contribution in [0.25, 0.3) is 11.1 Å². The molecule has 0 aromatic heterocycles. The number of benzene rings is 2. The molecule has 0 saturated carbocycles. The Morgan fingerprint density at radius 3 is 2.20 bits per heavy atom. The number of rotatable bonds is 6. The summed E-state index contributed by atoms with van der Waals surface area (Å²) in [5, 5.41) is 0. The summed E-state index contributed by atoms with van der Waals surface area (Å²) < 4.78 is 15.6. The minimum atomic E-state index is -0.519. The second-order valence-electron chi connectivity index (χ2n) is 5.18. The molecule has 5 heteroatoms. The summed E-state index contributed by atoms with van der Waals surface area (Å²) in [4.78, 5) is 22.8. The number of carbonyl (C=O) groups excluding carboxylic acids is 2. The molecule has 0 atom stereocenters. The van der Waals surface area contributed by atoms with Gasteiger partial charge in [0.2, 0.25) is 0 Å². The van der Waals surface area contributed by atoms with Crippen LogP contribution in [0.3, 0.4) is 0 Å². The molecule has 2 rings (SSSR count). The molecule has 0 radical (unpaired) electrons. The highest BCUT2D eigenvalue weighted by Gasteiger charge is 2.11. The smallest absolute Gasteiger partial charge is 0.338 e. The molecule has 0 spiro atoms. The van der Waals surface area contributed by atoms with E-state index in [0.29, 0.717) is 22.8 Å². The number of hydrogen-bond donors (Lipinski definition) is 0.